The average molecular weight is 294 g/mol. The van der Waals surface area contributed by atoms with E-state index in [1.807, 2.05) is 0 Å². The number of benzene rings is 1. The van der Waals surface area contributed by atoms with Gasteiger partial charge in [-0.1, -0.05) is 40.5 Å². The molecule has 2 N–H and O–H groups in total. The van der Waals surface area contributed by atoms with Gasteiger partial charge in [0.15, 0.2) is 0 Å². The SMILES string of the molecule is NC(Cc1ccccc1Br)C1CC2CCC1C2. The van der Waals surface area contributed by atoms with Crippen LogP contribution in [0.2, 0.25) is 0 Å². The van der Waals surface area contributed by atoms with Gasteiger partial charge >= 0.3 is 0 Å². The van der Waals surface area contributed by atoms with Crippen molar-refractivity contribution < 1.29 is 0 Å². The largest absolute Gasteiger partial charge is 0.327 e. The summed E-state index contributed by atoms with van der Waals surface area (Å²) in [4.78, 5) is 0. The van der Waals surface area contributed by atoms with E-state index in [0.717, 1.165) is 24.2 Å². The zero-order valence-corrected chi connectivity index (χ0v) is 11.7. The molecule has 0 saturated heterocycles. The summed E-state index contributed by atoms with van der Waals surface area (Å²) in [6.45, 7) is 0. The zero-order valence-electron chi connectivity index (χ0n) is 10.1. The molecule has 3 rings (SSSR count). The van der Waals surface area contributed by atoms with Gasteiger partial charge in [0, 0.05) is 10.5 Å². The Bertz CT molecular complexity index is 404. The molecular weight excluding hydrogens is 274 g/mol. The molecule has 2 aliphatic rings. The molecule has 2 bridgehead atoms. The average Bonchev–Trinajstić information content (AvgIpc) is 2.94. The monoisotopic (exact) mass is 293 g/mol. The molecular formula is C15H20BrN. The molecule has 0 aromatic heterocycles. The van der Waals surface area contributed by atoms with Crippen molar-refractivity contribution in [2.24, 2.45) is 23.5 Å². The van der Waals surface area contributed by atoms with Crippen LogP contribution in [-0.4, -0.2) is 6.04 Å². The van der Waals surface area contributed by atoms with Crippen LogP contribution in [0.1, 0.15) is 31.2 Å². The first-order chi connectivity index (χ1) is 8.24. The van der Waals surface area contributed by atoms with E-state index >= 15 is 0 Å². The minimum Gasteiger partial charge on any atom is -0.327 e. The summed E-state index contributed by atoms with van der Waals surface area (Å²) in [7, 11) is 0. The highest BCUT2D eigenvalue weighted by Crippen LogP contribution is 2.49. The van der Waals surface area contributed by atoms with Crippen molar-refractivity contribution in [2.75, 3.05) is 0 Å². The molecule has 0 amide bonds. The molecule has 92 valence electrons. The normalized spacial score (nSPS) is 32.9. The summed E-state index contributed by atoms with van der Waals surface area (Å²) in [5.41, 5.74) is 7.81. The van der Waals surface area contributed by atoms with Crippen LogP contribution in [0.15, 0.2) is 28.7 Å². The smallest absolute Gasteiger partial charge is 0.0207 e. The molecule has 2 aliphatic carbocycles. The number of fused-ring (bicyclic) bond motifs is 2. The zero-order chi connectivity index (χ0) is 11.8. The molecule has 1 aromatic rings. The Kier molecular flexibility index (Phi) is 3.27. The Morgan fingerprint density at radius 1 is 1.24 bits per heavy atom. The van der Waals surface area contributed by atoms with Crippen LogP contribution in [0.5, 0.6) is 0 Å². The van der Waals surface area contributed by atoms with Gasteiger partial charge in [-0.15, -0.1) is 0 Å². The quantitative estimate of drug-likeness (QED) is 0.902. The van der Waals surface area contributed by atoms with E-state index in [2.05, 4.69) is 40.2 Å². The molecule has 2 fully saturated rings. The summed E-state index contributed by atoms with van der Waals surface area (Å²) in [6, 6.07) is 8.83. The van der Waals surface area contributed by atoms with E-state index in [0.29, 0.717) is 6.04 Å². The van der Waals surface area contributed by atoms with Gasteiger partial charge in [0.2, 0.25) is 0 Å². The van der Waals surface area contributed by atoms with Crippen LogP contribution in [0.4, 0.5) is 0 Å². The van der Waals surface area contributed by atoms with Gasteiger partial charge in [0.05, 0.1) is 0 Å². The van der Waals surface area contributed by atoms with Gasteiger partial charge < -0.3 is 5.73 Å². The Balaban J connectivity index is 1.68. The van der Waals surface area contributed by atoms with Crippen LogP contribution in [0, 0.1) is 17.8 Å². The van der Waals surface area contributed by atoms with E-state index in [-0.39, 0.29) is 0 Å². The van der Waals surface area contributed by atoms with Crippen molar-refractivity contribution in [1.82, 2.24) is 0 Å². The number of hydrogen-bond donors (Lipinski definition) is 1. The Hall–Kier alpha value is -0.340. The lowest BCUT2D eigenvalue weighted by Gasteiger charge is -2.28. The summed E-state index contributed by atoms with van der Waals surface area (Å²) < 4.78 is 1.21. The van der Waals surface area contributed by atoms with Crippen molar-refractivity contribution in [3.63, 3.8) is 0 Å². The Morgan fingerprint density at radius 3 is 2.71 bits per heavy atom. The highest BCUT2D eigenvalue weighted by Gasteiger charge is 2.41. The lowest BCUT2D eigenvalue weighted by Crippen LogP contribution is -2.35. The molecule has 1 nitrogen and oxygen atoms in total. The van der Waals surface area contributed by atoms with Crippen molar-refractivity contribution in [3.8, 4) is 0 Å². The number of nitrogens with two attached hydrogens (primary N) is 1. The van der Waals surface area contributed by atoms with Crippen LogP contribution in [-0.2, 0) is 6.42 Å². The van der Waals surface area contributed by atoms with Crippen molar-refractivity contribution >= 4 is 15.9 Å². The fourth-order valence-electron chi connectivity index (χ4n) is 3.89. The molecule has 4 unspecified atom stereocenters. The Morgan fingerprint density at radius 2 is 2.06 bits per heavy atom. The minimum atomic E-state index is 0.351. The molecule has 2 saturated carbocycles. The van der Waals surface area contributed by atoms with Crippen LogP contribution >= 0.6 is 15.9 Å². The molecule has 17 heavy (non-hydrogen) atoms. The standard InChI is InChI=1S/C15H20BrN/c16-14-4-2-1-3-12(14)9-15(17)13-8-10-5-6-11(13)7-10/h1-4,10-11,13,15H,5-9,17H2. The van der Waals surface area contributed by atoms with E-state index in [1.165, 1.54) is 35.7 Å². The molecule has 0 spiro atoms. The lowest BCUT2D eigenvalue weighted by atomic mass is 9.81. The molecule has 2 heteroatoms. The topological polar surface area (TPSA) is 26.0 Å². The van der Waals surface area contributed by atoms with Gasteiger partial charge in [-0.3, -0.25) is 0 Å². The summed E-state index contributed by atoms with van der Waals surface area (Å²) >= 11 is 3.62. The molecule has 0 heterocycles. The maximum atomic E-state index is 6.45. The second kappa shape index (κ2) is 4.74. The van der Waals surface area contributed by atoms with Crippen molar-refractivity contribution in [1.29, 1.82) is 0 Å². The number of hydrogen-bond acceptors (Lipinski definition) is 1. The summed E-state index contributed by atoms with van der Waals surface area (Å²) in [5, 5.41) is 0. The third-order valence-electron chi connectivity index (χ3n) is 4.76. The summed E-state index contributed by atoms with van der Waals surface area (Å²) in [5.74, 6) is 2.70. The highest BCUT2D eigenvalue weighted by atomic mass is 79.9. The van der Waals surface area contributed by atoms with Crippen LogP contribution in [0.3, 0.4) is 0 Å². The second-order valence-corrected chi connectivity index (χ2v) is 6.65. The van der Waals surface area contributed by atoms with Gasteiger partial charge in [0.25, 0.3) is 0 Å². The van der Waals surface area contributed by atoms with E-state index < -0.39 is 0 Å². The predicted octanol–water partition coefficient (Wildman–Crippen LogP) is 3.76. The van der Waals surface area contributed by atoms with E-state index in [9.17, 15) is 0 Å². The second-order valence-electron chi connectivity index (χ2n) is 5.80. The van der Waals surface area contributed by atoms with Gasteiger partial charge in [-0.05, 0) is 55.1 Å². The molecule has 1 aromatic carbocycles. The number of rotatable bonds is 3. The van der Waals surface area contributed by atoms with E-state index in [1.54, 1.807) is 0 Å². The van der Waals surface area contributed by atoms with Crippen molar-refractivity contribution in [3.05, 3.63) is 34.3 Å². The fourth-order valence-corrected chi connectivity index (χ4v) is 4.33. The first kappa shape index (κ1) is 11.7. The van der Waals surface area contributed by atoms with Gasteiger partial charge in [0.1, 0.15) is 0 Å². The predicted molar refractivity (Wildman–Crippen MR) is 74.8 cm³/mol. The number of halogens is 1. The maximum absolute atomic E-state index is 6.45. The minimum absolute atomic E-state index is 0.351. The highest BCUT2D eigenvalue weighted by molar-refractivity contribution is 9.10. The van der Waals surface area contributed by atoms with Gasteiger partial charge in [-0.25, -0.2) is 0 Å². The Labute approximate surface area is 112 Å². The maximum Gasteiger partial charge on any atom is 0.0207 e. The van der Waals surface area contributed by atoms with Gasteiger partial charge in [-0.2, -0.15) is 0 Å². The molecule has 4 atom stereocenters. The molecule has 0 aliphatic heterocycles. The van der Waals surface area contributed by atoms with E-state index in [4.69, 9.17) is 5.73 Å². The van der Waals surface area contributed by atoms with Crippen molar-refractivity contribution in [2.45, 2.75) is 38.1 Å². The van der Waals surface area contributed by atoms with Crippen LogP contribution in [0.25, 0.3) is 0 Å². The molecule has 0 radical (unpaired) electrons. The summed E-state index contributed by atoms with van der Waals surface area (Å²) in [6.07, 6.45) is 6.75. The lowest BCUT2D eigenvalue weighted by molar-refractivity contribution is 0.280. The first-order valence-electron chi connectivity index (χ1n) is 6.73. The first-order valence-corrected chi connectivity index (χ1v) is 7.52. The third kappa shape index (κ3) is 2.30. The fraction of sp³-hybridized carbons (Fsp3) is 0.600. The van der Waals surface area contributed by atoms with Crippen LogP contribution < -0.4 is 5.73 Å². The third-order valence-corrected chi connectivity index (χ3v) is 5.53.